The molecule has 0 N–H and O–H groups in total. The molecule has 5 nitrogen and oxygen atoms in total. The summed E-state index contributed by atoms with van der Waals surface area (Å²) in [6.45, 7) is 8.50. The van der Waals surface area contributed by atoms with Crippen molar-refractivity contribution >= 4 is 24.1 Å². The Bertz CT molecular complexity index is 876. The van der Waals surface area contributed by atoms with Gasteiger partial charge in [0.15, 0.2) is 0 Å². The van der Waals surface area contributed by atoms with Crippen LogP contribution in [0.5, 0.6) is 5.75 Å². The van der Waals surface area contributed by atoms with E-state index >= 15 is 0 Å². The van der Waals surface area contributed by atoms with Crippen molar-refractivity contribution in [1.29, 1.82) is 0 Å². The maximum atomic E-state index is 12.7. The number of nitrogens with zero attached hydrogens (tertiary/aromatic N) is 3. The minimum atomic E-state index is -0.00640. The molecule has 1 aliphatic heterocycles. The highest BCUT2D eigenvalue weighted by atomic mass is 16.5. The van der Waals surface area contributed by atoms with Crippen LogP contribution in [0.3, 0.4) is 0 Å². The molecular weight excluding hydrogens is 338 g/mol. The summed E-state index contributed by atoms with van der Waals surface area (Å²) in [5, 5.41) is 0. The summed E-state index contributed by atoms with van der Waals surface area (Å²) < 4.78 is 7.24. The van der Waals surface area contributed by atoms with Gasteiger partial charge in [-0.15, -0.1) is 0 Å². The molecule has 1 unspecified atom stereocenters. The lowest BCUT2D eigenvalue weighted by molar-refractivity contribution is -0.138. The Kier molecular flexibility index (Phi) is 5.49. The van der Waals surface area contributed by atoms with Crippen molar-refractivity contribution < 1.29 is 9.53 Å². The summed E-state index contributed by atoms with van der Waals surface area (Å²) in [4.78, 5) is 19.4. The first-order valence-corrected chi connectivity index (χ1v) is 9.32. The molecule has 0 saturated heterocycles. The normalized spacial score (nSPS) is 17.3. The molecule has 1 amide bonds. The van der Waals surface area contributed by atoms with E-state index in [1.165, 1.54) is 0 Å². The van der Waals surface area contributed by atoms with Crippen molar-refractivity contribution in [1.82, 2.24) is 14.5 Å². The van der Waals surface area contributed by atoms with Gasteiger partial charge < -0.3 is 14.2 Å². The molecule has 27 heavy (non-hydrogen) atoms. The predicted molar refractivity (Wildman–Crippen MR) is 109 cm³/mol. The number of fused-ring (bicyclic) bond motifs is 1. The molecule has 0 fully saturated rings. The lowest BCUT2D eigenvalue weighted by Crippen LogP contribution is -2.45. The average molecular weight is 365 g/mol. The lowest BCUT2D eigenvalue weighted by Gasteiger charge is -2.38. The van der Waals surface area contributed by atoms with E-state index < -0.39 is 0 Å². The van der Waals surface area contributed by atoms with Crippen LogP contribution in [0, 0.1) is 0 Å². The first-order chi connectivity index (χ1) is 13.0. The van der Waals surface area contributed by atoms with Crippen LogP contribution in [0.2, 0.25) is 0 Å². The number of amides is 1. The number of rotatable bonds is 5. The van der Waals surface area contributed by atoms with Gasteiger partial charge in [0.05, 0.1) is 24.5 Å². The van der Waals surface area contributed by atoms with E-state index in [4.69, 9.17) is 9.72 Å². The molecule has 0 radical (unpaired) electrons. The molecule has 142 valence electrons. The maximum absolute atomic E-state index is 12.7. The number of hydrogen-bond donors (Lipinski definition) is 0. The Balaban J connectivity index is 2.00. The van der Waals surface area contributed by atoms with Crippen molar-refractivity contribution in [2.75, 3.05) is 7.11 Å². The standard InChI is InChI=1S/C22H27N3O2/c1-6-7-19-22-16(4)25(15(2)3)21(26)14-24(22)20(23-19)13-10-17-8-11-18(27-5)12-9-17/h6-13,15-16H,14H2,1-5H3/b7-6+,13-10+. The van der Waals surface area contributed by atoms with Crippen LogP contribution in [-0.2, 0) is 11.3 Å². The lowest BCUT2D eigenvalue weighted by atomic mass is 10.1. The first-order valence-electron chi connectivity index (χ1n) is 9.32. The third kappa shape index (κ3) is 3.68. The zero-order valence-corrected chi connectivity index (χ0v) is 16.6. The SMILES string of the molecule is C/C=C/c1nc(/C=C/c2ccc(OC)cc2)n2c1C(C)N(C(C)C)C(=O)C2. The van der Waals surface area contributed by atoms with Crippen LogP contribution >= 0.6 is 0 Å². The fourth-order valence-electron chi connectivity index (χ4n) is 3.70. The van der Waals surface area contributed by atoms with E-state index in [9.17, 15) is 4.79 Å². The molecule has 2 aromatic rings. The minimum absolute atomic E-state index is 0.00640. The molecule has 1 aliphatic rings. The van der Waals surface area contributed by atoms with Gasteiger partial charge in [0, 0.05) is 6.04 Å². The molecule has 1 aromatic heterocycles. The van der Waals surface area contributed by atoms with Crippen LogP contribution in [0.4, 0.5) is 0 Å². The van der Waals surface area contributed by atoms with Gasteiger partial charge >= 0.3 is 0 Å². The number of aromatic nitrogens is 2. The summed E-state index contributed by atoms with van der Waals surface area (Å²) in [6, 6.07) is 8.00. The van der Waals surface area contributed by atoms with Crippen molar-refractivity contribution in [2.24, 2.45) is 0 Å². The second kappa shape index (κ2) is 7.82. The van der Waals surface area contributed by atoms with Crippen LogP contribution < -0.4 is 4.74 Å². The Morgan fingerprint density at radius 2 is 1.89 bits per heavy atom. The Morgan fingerprint density at radius 1 is 1.19 bits per heavy atom. The van der Waals surface area contributed by atoms with Gasteiger partial charge in [-0.2, -0.15) is 0 Å². The van der Waals surface area contributed by atoms with Gasteiger partial charge in [-0.25, -0.2) is 4.98 Å². The molecule has 1 aromatic carbocycles. The highest BCUT2D eigenvalue weighted by molar-refractivity contribution is 5.80. The summed E-state index contributed by atoms with van der Waals surface area (Å²) in [6.07, 6.45) is 7.99. The molecule has 1 atom stereocenters. The highest BCUT2D eigenvalue weighted by Gasteiger charge is 2.34. The summed E-state index contributed by atoms with van der Waals surface area (Å²) >= 11 is 0. The second-order valence-electron chi connectivity index (χ2n) is 7.00. The van der Waals surface area contributed by atoms with Crippen molar-refractivity contribution in [3.63, 3.8) is 0 Å². The maximum Gasteiger partial charge on any atom is 0.243 e. The van der Waals surface area contributed by atoms with E-state index in [-0.39, 0.29) is 18.0 Å². The molecule has 0 saturated carbocycles. The number of carbonyl (C=O) groups excluding carboxylic acids is 1. The minimum Gasteiger partial charge on any atom is -0.497 e. The first kappa shape index (κ1) is 19.0. The fourth-order valence-corrected chi connectivity index (χ4v) is 3.70. The van der Waals surface area contributed by atoms with E-state index in [2.05, 4.69) is 20.8 Å². The molecule has 0 spiro atoms. The van der Waals surface area contributed by atoms with Crippen LogP contribution in [0.1, 0.15) is 56.5 Å². The van der Waals surface area contributed by atoms with Gasteiger partial charge in [-0.3, -0.25) is 4.79 Å². The molecular formula is C22H27N3O2. The third-order valence-electron chi connectivity index (χ3n) is 4.88. The second-order valence-corrected chi connectivity index (χ2v) is 7.00. The van der Waals surface area contributed by atoms with Gasteiger partial charge in [0.25, 0.3) is 0 Å². The van der Waals surface area contributed by atoms with Crippen molar-refractivity contribution in [3.05, 3.63) is 53.1 Å². The smallest absolute Gasteiger partial charge is 0.243 e. The summed E-state index contributed by atoms with van der Waals surface area (Å²) in [5.41, 5.74) is 3.08. The van der Waals surface area contributed by atoms with E-state index in [0.717, 1.165) is 28.5 Å². The van der Waals surface area contributed by atoms with E-state index in [1.807, 2.05) is 65.0 Å². The molecule has 0 aliphatic carbocycles. The summed E-state index contributed by atoms with van der Waals surface area (Å²) in [5.74, 6) is 1.76. The average Bonchev–Trinajstić information content (AvgIpc) is 2.98. The fraction of sp³-hybridized carbons (Fsp3) is 0.364. The quantitative estimate of drug-likeness (QED) is 0.789. The molecule has 3 rings (SSSR count). The van der Waals surface area contributed by atoms with E-state index in [0.29, 0.717) is 6.54 Å². The number of imidazole rings is 1. The number of benzene rings is 1. The Labute approximate surface area is 161 Å². The van der Waals surface area contributed by atoms with Gasteiger partial charge in [-0.05, 0) is 57.5 Å². The topological polar surface area (TPSA) is 47.4 Å². The highest BCUT2D eigenvalue weighted by Crippen LogP contribution is 2.32. The number of methoxy groups -OCH3 is 1. The van der Waals surface area contributed by atoms with Crippen LogP contribution in [0.25, 0.3) is 18.2 Å². The monoisotopic (exact) mass is 365 g/mol. The van der Waals surface area contributed by atoms with Crippen LogP contribution in [-0.4, -0.2) is 33.5 Å². The van der Waals surface area contributed by atoms with Crippen LogP contribution in [0.15, 0.2) is 30.3 Å². The molecule has 5 heteroatoms. The number of carbonyl (C=O) groups is 1. The zero-order valence-electron chi connectivity index (χ0n) is 16.6. The molecule has 2 heterocycles. The Hall–Kier alpha value is -2.82. The van der Waals surface area contributed by atoms with Gasteiger partial charge in [0.1, 0.15) is 18.1 Å². The number of hydrogen-bond acceptors (Lipinski definition) is 3. The largest absolute Gasteiger partial charge is 0.497 e. The summed E-state index contributed by atoms with van der Waals surface area (Å²) in [7, 11) is 1.66. The van der Waals surface area contributed by atoms with Gasteiger partial charge in [-0.1, -0.05) is 24.3 Å². The predicted octanol–water partition coefficient (Wildman–Crippen LogP) is 4.41. The third-order valence-corrected chi connectivity index (χ3v) is 4.88. The molecule has 0 bridgehead atoms. The number of allylic oxidation sites excluding steroid dienone is 1. The number of ether oxygens (including phenoxy) is 1. The Morgan fingerprint density at radius 3 is 2.48 bits per heavy atom. The van der Waals surface area contributed by atoms with Crippen molar-refractivity contribution in [3.8, 4) is 5.75 Å². The van der Waals surface area contributed by atoms with E-state index in [1.54, 1.807) is 7.11 Å². The van der Waals surface area contributed by atoms with Gasteiger partial charge in [0.2, 0.25) is 5.91 Å². The van der Waals surface area contributed by atoms with Crippen molar-refractivity contribution in [2.45, 2.75) is 46.3 Å². The zero-order chi connectivity index (χ0) is 19.6.